The lowest BCUT2D eigenvalue weighted by Gasteiger charge is -2.11. The van der Waals surface area contributed by atoms with Crippen LogP contribution in [-0.4, -0.2) is 27.8 Å². The summed E-state index contributed by atoms with van der Waals surface area (Å²) in [5.41, 5.74) is 4.97. The van der Waals surface area contributed by atoms with Crippen molar-refractivity contribution in [2.45, 2.75) is 38.5 Å². The van der Waals surface area contributed by atoms with Crippen molar-refractivity contribution in [2.24, 2.45) is 0 Å². The lowest BCUT2D eigenvalue weighted by atomic mass is 9.94. The molecule has 33 heavy (non-hydrogen) atoms. The van der Waals surface area contributed by atoms with Crippen LogP contribution in [0.2, 0.25) is 0 Å². The molecule has 2 aromatic heterocycles. The van der Waals surface area contributed by atoms with Gasteiger partial charge in [-0.2, -0.15) is 4.98 Å². The van der Waals surface area contributed by atoms with Gasteiger partial charge in [0, 0.05) is 17.5 Å². The second kappa shape index (κ2) is 7.92. The zero-order valence-corrected chi connectivity index (χ0v) is 18.0. The Morgan fingerprint density at radius 3 is 2.61 bits per heavy atom. The van der Waals surface area contributed by atoms with Gasteiger partial charge in [-0.25, -0.2) is 9.78 Å². The number of furan rings is 1. The van der Waals surface area contributed by atoms with Gasteiger partial charge in [-0.05, 0) is 61.9 Å². The van der Waals surface area contributed by atoms with Crippen molar-refractivity contribution in [2.75, 3.05) is 6.79 Å². The molecule has 2 aromatic carbocycles. The number of aryl methyl sites for hydroxylation is 4. The van der Waals surface area contributed by atoms with Crippen molar-refractivity contribution >= 4 is 17.1 Å². The number of carboxylic acid groups (broad SMARTS) is 1. The number of carbonyl (C=O) groups is 1. The fraction of sp³-hybridized carbons (Fsp3) is 0.269. The molecule has 0 unspecified atom stereocenters. The second-order valence-corrected chi connectivity index (χ2v) is 8.46. The first-order valence-corrected chi connectivity index (χ1v) is 11.2. The highest BCUT2D eigenvalue weighted by molar-refractivity contribution is 5.88. The number of nitrogens with zero attached hydrogens (tertiary/aromatic N) is 2. The molecule has 0 spiro atoms. The van der Waals surface area contributed by atoms with Crippen LogP contribution in [0.1, 0.15) is 45.8 Å². The maximum atomic E-state index is 11.2. The zero-order chi connectivity index (χ0) is 22.4. The fourth-order valence-electron chi connectivity index (χ4n) is 4.66. The Labute approximate surface area is 190 Å². The van der Waals surface area contributed by atoms with Crippen molar-refractivity contribution in [1.82, 2.24) is 9.97 Å². The minimum absolute atomic E-state index is 0.233. The van der Waals surface area contributed by atoms with Crippen LogP contribution in [0, 0.1) is 0 Å². The third-order valence-corrected chi connectivity index (χ3v) is 6.37. The van der Waals surface area contributed by atoms with E-state index in [4.69, 9.17) is 23.9 Å². The van der Waals surface area contributed by atoms with Crippen molar-refractivity contribution in [3.8, 4) is 22.9 Å². The number of benzene rings is 2. The first-order valence-electron chi connectivity index (χ1n) is 11.2. The summed E-state index contributed by atoms with van der Waals surface area (Å²) in [4.78, 5) is 20.9. The Morgan fingerprint density at radius 2 is 1.76 bits per heavy atom. The number of hydrogen-bond donors (Lipinski definition) is 1. The van der Waals surface area contributed by atoms with Crippen LogP contribution in [-0.2, 0) is 25.7 Å². The molecule has 0 amide bonds. The van der Waals surface area contributed by atoms with Gasteiger partial charge >= 0.3 is 5.97 Å². The number of rotatable bonds is 5. The predicted molar refractivity (Wildman–Crippen MR) is 121 cm³/mol. The molecule has 0 atom stereocenters. The lowest BCUT2D eigenvalue weighted by molar-refractivity contribution is 0.0697. The molecule has 0 fully saturated rings. The van der Waals surface area contributed by atoms with E-state index in [0.29, 0.717) is 11.5 Å². The molecule has 4 aromatic rings. The molecule has 0 radical (unpaired) electrons. The summed E-state index contributed by atoms with van der Waals surface area (Å²) in [5.74, 6) is 2.17. The zero-order valence-electron chi connectivity index (χ0n) is 18.0. The molecular formula is C26H22N2O5. The van der Waals surface area contributed by atoms with Gasteiger partial charge in [0.2, 0.25) is 12.5 Å². The molecule has 2 aliphatic rings. The molecule has 0 bridgehead atoms. The number of aromatic nitrogens is 2. The number of carboxylic acids is 1. The first kappa shape index (κ1) is 19.8. The van der Waals surface area contributed by atoms with Gasteiger partial charge in [0.15, 0.2) is 17.3 Å². The summed E-state index contributed by atoms with van der Waals surface area (Å²) in [7, 11) is 0. The monoisotopic (exact) mass is 442 g/mol. The van der Waals surface area contributed by atoms with Gasteiger partial charge < -0.3 is 19.0 Å². The largest absolute Gasteiger partial charge is 0.478 e. The SMILES string of the molecule is O=C(O)c1ccc(-c2nc(CCc3ccc4c(c3)OCO4)c3c4c(oc3n2)CCCC4)cc1. The highest BCUT2D eigenvalue weighted by Gasteiger charge is 2.23. The first-order chi connectivity index (χ1) is 16.2. The van der Waals surface area contributed by atoms with Gasteiger partial charge in [0.25, 0.3) is 0 Å². The van der Waals surface area contributed by atoms with Crippen molar-refractivity contribution in [1.29, 1.82) is 0 Å². The van der Waals surface area contributed by atoms with E-state index in [0.717, 1.165) is 78.0 Å². The third kappa shape index (κ3) is 3.59. The highest BCUT2D eigenvalue weighted by Crippen LogP contribution is 2.36. The molecular weight excluding hydrogens is 420 g/mol. The molecule has 7 heteroatoms. The average Bonchev–Trinajstić information content (AvgIpc) is 3.46. The number of hydrogen-bond acceptors (Lipinski definition) is 6. The van der Waals surface area contributed by atoms with Crippen LogP contribution in [0.15, 0.2) is 46.9 Å². The standard InChI is InChI=1S/C26H22N2O5/c29-26(30)17-9-7-16(8-10-17)24-27-19(11-5-15-6-12-21-22(13-15)32-14-31-21)23-18-3-1-2-4-20(18)33-25(23)28-24/h6-10,12-13H,1-5,11,14H2,(H,29,30). The normalized spacial score (nSPS) is 14.4. The van der Waals surface area contributed by atoms with Crippen LogP contribution >= 0.6 is 0 Å². The summed E-state index contributed by atoms with van der Waals surface area (Å²) < 4.78 is 17.1. The number of fused-ring (bicyclic) bond motifs is 4. The van der Waals surface area contributed by atoms with E-state index in [1.807, 2.05) is 12.1 Å². The average molecular weight is 442 g/mol. The van der Waals surface area contributed by atoms with Crippen molar-refractivity contribution in [3.63, 3.8) is 0 Å². The van der Waals surface area contributed by atoms with E-state index < -0.39 is 5.97 Å². The van der Waals surface area contributed by atoms with Crippen molar-refractivity contribution in [3.05, 3.63) is 70.6 Å². The Balaban J connectivity index is 1.40. The van der Waals surface area contributed by atoms with Crippen LogP contribution in [0.5, 0.6) is 11.5 Å². The van der Waals surface area contributed by atoms with Crippen LogP contribution in [0.3, 0.4) is 0 Å². The lowest BCUT2D eigenvalue weighted by Crippen LogP contribution is -2.03. The van der Waals surface area contributed by atoms with Gasteiger partial charge in [0.1, 0.15) is 5.76 Å². The maximum Gasteiger partial charge on any atom is 0.335 e. The minimum atomic E-state index is -0.957. The molecule has 1 aliphatic heterocycles. The van der Waals surface area contributed by atoms with E-state index >= 15 is 0 Å². The van der Waals surface area contributed by atoms with E-state index in [1.54, 1.807) is 24.3 Å². The maximum absolute atomic E-state index is 11.2. The van der Waals surface area contributed by atoms with Crippen LogP contribution in [0.4, 0.5) is 0 Å². The molecule has 0 saturated heterocycles. The smallest absolute Gasteiger partial charge is 0.335 e. The summed E-state index contributed by atoms with van der Waals surface area (Å²) in [5, 5.41) is 10.2. The molecule has 6 rings (SSSR count). The quantitative estimate of drug-likeness (QED) is 0.466. The molecule has 1 N–H and O–H groups in total. The topological polar surface area (TPSA) is 94.7 Å². The third-order valence-electron chi connectivity index (χ3n) is 6.37. The Kier molecular flexibility index (Phi) is 4.75. The van der Waals surface area contributed by atoms with E-state index in [-0.39, 0.29) is 12.4 Å². The predicted octanol–water partition coefficient (Wildman–Crippen LogP) is 4.98. The van der Waals surface area contributed by atoms with E-state index in [2.05, 4.69) is 6.07 Å². The molecule has 3 heterocycles. The summed E-state index contributed by atoms with van der Waals surface area (Å²) >= 11 is 0. The molecule has 166 valence electrons. The van der Waals surface area contributed by atoms with Gasteiger partial charge in [-0.1, -0.05) is 18.2 Å². The van der Waals surface area contributed by atoms with Gasteiger partial charge in [-0.3, -0.25) is 0 Å². The van der Waals surface area contributed by atoms with Crippen LogP contribution in [0.25, 0.3) is 22.5 Å². The molecule has 7 nitrogen and oxygen atoms in total. The Hall–Kier alpha value is -3.87. The second-order valence-electron chi connectivity index (χ2n) is 8.46. The summed E-state index contributed by atoms with van der Waals surface area (Å²) in [6.07, 6.45) is 5.69. The summed E-state index contributed by atoms with van der Waals surface area (Å²) in [6.45, 7) is 0.260. The van der Waals surface area contributed by atoms with Crippen LogP contribution < -0.4 is 9.47 Å². The van der Waals surface area contributed by atoms with Gasteiger partial charge in [0.05, 0.1) is 16.6 Å². The number of ether oxygens (including phenoxy) is 2. The minimum Gasteiger partial charge on any atom is -0.478 e. The number of aromatic carboxylic acids is 1. The van der Waals surface area contributed by atoms with Gasteiger partial charge in [-0.15, -0.1) is 0 Å². The Morgan fingerprint density at radius 1 is 0.939 bits per heavy atom. The van der Waals surface area contributed by atoms with E-state index in [1.165, 1.54) is 5.56 Å². The van der Waals surface area contributed by atoms with Crippen molar-refractivity contribution < 1.29 is 23.8 Å². The highest BCUT2D eigenvalue weighted by atomic mass is 16.7. The summed E-state index contributed by atoms with van der Waals surface area (Å²) in [6, 6.07) is 12.7. The fourth-order valence-corrected chi connectivity index (χ4v) is 4.66. The van der Waals surface area contributed by atoms with E-state index in [9.17, 15) is 9.90 Å². The molecule has 1 aliphatic carbocycles. The Bertz CT molecular complexity index is 1370. The molecule has 0 saturated carbocycles.